The number of benzene rings is 1. The van der Waals surface area contributed by atoms with Gasteiger partial charge in [-0.3, -0.25) is 10.1 Å². The number of para-hydroxylation sites is 1. The van der Waals surface area contributed by atoms with Crippen molar-refractivity contribution < 1.29 is 9.59 Å². The van der Waals surface area contributed by atoms with E-state index in [1.165, 1.54) is 11.3 Å². The molecular weight excluding hydrogens is 290 g/mol. The molecule has 21 heavy (non-hydrogen) atoms. The predicted octanol–water partition coefficient (Wildman–Crippen LogP) is 1.42. The minimum Gasteiger partial charge on any atom is -0.330 e. The van der Waals surface area contributed by atoms with E-state index in [0.29, 0.717) is 18.0 Å². The number of hydrogen-bond donors (Lipinski definition) is 3. The predicted molar refractivity (Wildman–Crippen MR) is 78.4 cm³/mol. The van der Waals surface area contributed by atoms with Gasteiger partial charge in [-0.1, -0.05) is 29.5 Å². The molecule has 3 N–H and O–H groups in total. The summed E-state index contributed by atoms with van der Waals surface area (Å²) < 4.78 is 0. The van der Waals surface area contributed by atoms with Gasteiger partial charge in [0.1, 0.15) is 11.0 Å². The normalized spacial score (nSPS) is 17.4. The van der Waals surface area contributed by atoms with Gasteiger partial charge in [-0.15, -0.1) is 10.2 Å². The summed E-state index contributed by atoms with van der Waals surface area (Å²) in [4.78, 5) is 22.4. The zero-order chi connectivity index (χ0) is 14.7. The van der Waals surface area contributed by atoms with Gasteiger partial charge in [0.15, 0.2) is 0 Å². The van der Waals surface area contributed by atoms with Crippen molar-refractivity contribution in [2.45, 2.75) is 18.9 Å². The van der Waals surface area contributed by atoms with E-state index in [-0.39, 0.29) is 5.91 Å². The Morgan fingerprint density at radius 3 is 2.71 bits per heavy atom. The number of nitrogens with one attached hydrogen (secondary N) is 3. The molecule has 2 aromatic rings. The van der Waals surface area contributed by atoms with E-state index in [1.54, 1.807) is 0 Å². The number of nitrogens with zero attached hydrogens (tertiary/aromatic N) is 2. The minimum absolute atomic E-state index is 0.285. The van der Waals surface area contributed by atoms with Gasteiger partial charge in [0, 0.05) is 12.1 Å². The Morgan fingerprint density at radius 1 is 1.19 bits per heavy atom. The lowest BCUT2D eigenvalue weighted by molar-refractivity contribution is -0.120. The van der Waals surface area contributed by atoms with Crippen LogP contribution in [0.4, 0.5) is 15.6 Å². The maximum Gasteiger partial charge on any atom is 0.322 e. The number of aryl methyl sites for hydroxylation is 1. The molecule has 0 saturated carbocycles. The van der Waals surface area contributed by atoms with E-state index in [2.05, 4.69) is 26.1 Å². The van der Waals surface area contributed by atoms with E-state index < -0.39 is 12.1 Å². The highest BCUT2D eigenvalue weighted by Crippen LogP contribution is 2.21. The van der Waals surface area contributed by atoms with Crippen molar-refractivity contribution in [3.05, 3.63) is 35.3 Å². The second-order valence-corrected chi connectivity index (χ2v) is 5.61. The molecule has 2 heterocycles. The molecule has 1 fully saturated rings. The molecule has 0 spiro atoms. The van der Waals surface area contributed by atoms with Gasteiger partial charge in [-0.25, -0.2) is 4.79 Å². The highest BCUT2D eigenvalue weighted by atomic mass is 32.1. The first-order valence-corrected chi connectivity index (χ1v) is 7.28. The fraction of sp³-hybridized carbons (Fsp3) is 0.231. The number of carbonyl (C=O) groups is 2. The summed E-state index contributed by atoms with van der Waals surface area (Å²) in [7, 11) is 0. The SMILES string of the molecule is O=C1NC(=O)[C@@H](CCc2nnc(Nc3ccccc3)s2)N1. The Bertz CT molecular complexity index is 658. The van der Waals surface area contributed by atoms with Crippen LogP contribution in [0, 0.1) is 0 Å². The third kappa shape index (κ3) is 3.34. The number of rotatable bonds is 5. The molecular formula is C13H13N5O2S. The van der Waals surface area contributed by atoms with Crippen molar-refractivity contribution in [1.29, 1.82) is 0 Å². The molecule has 1 atom stereocenters. The van der Waals surface area contributed by atoms with Crippen LogP contribution in [0.3, 0.4) is 0 Å². The fourth-order valence-corrected chi connectivity index (χ4v) is 2.76. The van der Waals surface area contributed by atoms with Crippen molar-refractivity contribution in [1.82, 2.24) is 20.8 Å². The summed E-state index contributed by atoms with van der Waals surface area (Å²) in [5, 5.41) is 17.6. The Kier molecular flexibility index (Phi) is 3.78. The van der Waals surface area contributed by atoms with Crippen molar-refractivity contribution in [2.24, 2.45) is 0 Å². The maximum absolute atomic E-state index is 11.4. The third-order valence-electron chi connectivity index (χ3n) is 3.00. The molecule has 7 nitrogen and oxygen atoms in total. The van der Waals surface area contributed by atoms with Crippen LogP contribution in [0.1, 0.15) is 11.4 Å². The van der Waals surface area contributed by atoms with Crippen molar-refractivity contribution in [2.75, 3.05) is 5.32 Å². The average Bonchev–Trinajstić information content (AvgIpc) is 3.04. The van der Waals surface area contributed by atoms with E-state index >= 15 is 0 Å². The Balaban J connectivity index is 1.56. The Morgan fingerprint density at radius 2 is 2.00 bits per heavy atom. The molecule has 1 aromatic carbocycles. The highest BCUT2D eigenvalue weighted by molar-refractivity contribution is 7.15. The molecule has 1 aromatic heterocycles. The molecule has 0 unspecified atom stereocenters. The van der Waals surface area contributed by atoms with E-state index in [1.807, 2.05) is 30.3 Å². The third-order valence-corrected chi connectivity index (χ3v) is 3.90. The first-order chi connectivity index (χ1) is 10.2. The van der Waals surface area contributed by atoms with Crippen LogP contribution in [0.5, 0.6) is 0 Å². The Labute approximate surface area is 124 Å². The van der Waals surface area contributed by atoms with Crippen molar-refractivity contribution >= 4 is 34.1 Å². The van der Waals surface area contributed by atoms with Crippen LogP contribution in [-0.4, -0.2) is 28.2 Å². The average molecular weight is 303 g/mol. The molecule has 0 aliphatic carbocycles. The standard InChI is InChI=1S/C13H13N5O2S/c19-11-9(15-12(20)16-11)6-7-10-17-18-13(21-10)14-8-4-2-1-3-5-8/h1-5,9H,6-7H2,(H,14,18)(H2,15,16,19,20)/t9-/m1/s1. The number of hydrogen-bond acceptors (Lipinski definition) is 6. The monoisotopic (exact) mass is 303 g/mol. The van der Waals surface area contributed by atoms with Crippen LogP contribution in [-0.2, 0) is 11.2 Å². The molecule has 1 aliphatic rings. The van der Waals surface area contributed by atoms with Crippen LogP contribution in [0.25, 0.3) is 0 Å². The number of anilines is 2. The largest absolute Gasteiger partial charge is 0.330 e. The molecule has 108 valence electrons. The van der Waals surface area contributed by atoms with Crippen molar-refractivity contribution in [3.8, 4) is 0 Å². The smallest absolute Gasteiger partial charge is 0.322 e. The second kappa shape index (κ2) is 5.88. The summed E-state index contributed by atoms with van der Waals surface area (Å²) in [6.45, 7) is 0. The second-order valence-electron chi connectivity index (χ2n) is 4.55. The number of carbonyl (C=O) groups excluding carboxylic acids is 2. The molecule has 3 rings (SSSR count). The summed E-state index contributed by atoms with van der Waals surface area (Å²) in [6.07, 6.45) is 1.10. The summed E-state index contributed by atoms with van der Waals surface area (Å²) >= 11 is 1.44. The van der Waals surface area contributed by atoms with Crippen LogP contribution >= 0.6 is 11.3 Å². The van der Waals surface area contributed by atoms with Gasteiger partial charge in [0.05, 0.1) is 0 Å². The van der Waals surface area contributed by atoms with Crippen LogP contribution in [0.15, 0.2) is 30.3 Å². The van der Waals surface area contributed by atoms with Crippen LogP contribution in [0.2, 0.25) is 0 Å². The van der Waals surface area contributed by atoms with Gasteiger partial charge >= 0.3 is 6.03 Å². The molecule has 8 heteroatoms. The van der Waals surface area contributed by atoms with E-state index in [4.69, 9.17) is 0 Å². The zero-order valence-electron chi connectivity index (χ0n) is 11.0. The lowest BCUT2D eigenvalue weighted by atomic mass is 10.1. The number of urea groups is 1. The van der Waals surface area contributed by atoms with Gasteiger partial charge < -0.3 is 10.6 Å². The summed E-state index contributed by atoms with van der Waals surface area (Å²) in [6, 6.07) is 8.79. The summed E-state index contributed by atoms with van der Waals surface area (Å²) in [5.41, 5.74) is 0.947. The maximum atomic E-state index is 11.4. The van der Waals surface area contributed by atoms with E-state index in [0.717, 1.165) is 10.7 Å². The lowest BCUT2D eigenvalue weighted by Gasteiger charge is -2.03. The molecule has 0 bridgehead atoms. The lowest BCUT2D eigenvalue weighted by Crippen LogP contribution is -2.29. The van der Waals surface area contributed by atoms with Crippen molar-refractivity contribution in [3.63, 3.8) is 0 Å². The van der Waals surface area contributed by atoms with Gasteiger partial charge in [-0.05, 0) is 18.6 Å². The topological polar surface area (TPSA) is 96.0 Å². The molecule has 1 aliphatic heterocycles. The zero-order valence-corrected chi connectivity index (χ0v) is 11.8. The van der Waals surface area contributed by atoms with Gasteiger partial charge in [0.25, 0.3) is 5.91 Å². The fourth-order valence-electron chi connectivity index (χ4n) is 1.98. The number of imide groups is 1. The van der Waals surface area contributed by atoms with Gasteiger partial charge in [0.2, 0.25) is 5.13 Å². The number of aromatic nitrogens is 2. The Hall–Kier alpha value is -2.48. The van der Waals surface area contributed by atoms with E-state index in [9.17, 15) is 9.59 Å². The first-order valence-electron chi connectivity index (χ1n) is 6.46. The molecule has 0 radical (unpaired) electrons. The molecule has 1 saturated heterocycles. The van der Waals surface area contributed by atoms with Gasteiger partial charge in [-0.2, -0.15) is 0 Å². The highest BCUT2D eigenvalue weighted by Gasteiger charge is 2.29. The first kappa shape index (κ1) is 13.5. The quantitative estimate of drug-likeness (QED) is 0.726. The minimum atomic E-state index is -0.480. The van der Waals surface area contributed by atoms with Crippen LogP contribution < -0.4 is 16.0 Å². The number of amides is 3. The molecule has 3 amide bonds. The summed E-state index contributed by atoms with van der Waals surface area (Å²) in [5.74, 6) is -0.285.